The summed E-state index contributed by atoms with van der Waals surface area (Å²) in [6.45, 7) is 14.6. The van der Waals surface area contributed by atoms with E-state index in [1.54, 1.807) is 6.07 Å². The fourth-order valence-corrected chi connectivity index (χ4v) is 7.95. The van der Waals surface area contributed by atoms with Crippen LogP contribution in [0.3, 0.4) is 0 Å². The zero-order chi connectivity index (χ0) is 37.8. The molecule has 0 saturated carbocycles. The van der Waals surface area contributed by atoms with Crippen molar-refractivity contribution in [2.45, 2.75) is 95.8 Å². The lowest BCUT2D eigenvalue weighted by molar-refractivity contribution is -0.137. The maximum atomic E-state index is 12.1. The normalized spacial score (nSPS) is 17.5. The van der Waals surface area contributed by atoms with Gasteiger partial charge >= 0.3 is 5.97 Å². The standard InChI is InChI=1S/C38H50N2O9S2/c1-7-39(8-2)27-17-19-30-31(37(3,4)5)25-28(49-34(30)24-27)14-10-9-11-15-35-38(6,21-12-16-36(41)42)32-26-29(51(46,47)48)18-20-33(32)40(35)22-13-23-50(43,44)45/h10,14-15,17-20,24-26H,7-9,11-13,16,21-23H2,1-6H3,(H2-,41,42,43,44,45,46,47,48)/p+1/b14-10+,35-15-. The van der Waals surface area contributed by atoms with Gasteiger partial charge in [-0.1, -0.05) is 32.9 Å². The number of carboxylic acids is 1. The average molecular weight is 744 g/mol. The Morgan fingerprint density at radius 2 is 1.69 bits per heavy atom. The third-order valence-electron chi connectivity index (χ3n) is 9.52. The minimum absolute atomic E-state index is 0.0933. The highest BCUT2D eigenvalue weighted by Crippen LogP contribution is 2.51. The molecule has 2 heterocycles. The summed E-state index contributed by atoms with van der Waals surface area (Å²) in [5.41, 5.74) is 3.25. The Labute approximate surface area is 301 Å². The van der Waals surface area contributed by atoms with E-state index < -0.39 is 37.4 Å². The molecule has 1 aromatic rings. The van der Waals surface area contributed by atoms with Crippen LogP contribution in [0.1, 0.15) is 97.0 Å². The van der Waals surface area contributed by atoms with Gasteiger partial charge in [-0.05, 0) is 106 Å². The highest BCUT2D eigenvalue weighted by Gasteiger charge is 2.43. The second-order valence-corrected chi connectivity index (χ2v) is 17.3. The molecule has 13 heteroatoms. The molecule has 11 nitrogen and oxygen atoms in total. The van der Waals surface area contributed by atoms with Crippen molar-refractivity contribution >= 4 is 38.0 Å². The SMILES string of the molecule is CC[N+](CC)=c1ccc2c(C(C)(C)C)cc(/C=C/CC/C=C3\N(CCCS(=O)(=O)O)c4ccc(S(=O)(=O)O)cc4C3(C)CCCC(=O)O)oc-2c1. The maximum absolute atomic E-state index is 12.1. The largest absolute Gasteiger partial charge is 0.481 e. The van der Waals surface area contributed by atoms with E-state index >= 15 is 0 Å². The van der Waals surface area contributed by atoms with Gasteiger partial charge in [-0.3, -0.25) is 13.9 Å². The molecule has 0 saturated heterocycles. The third-order valence-corrected chi connectivity index (χ3v) is 11.2. The molecule has 4 rings (SSSR count). The number of carboxylic acid groups (broad SMARTS) is 1. The molecule has 51 heavy (non-hydrogen) atoms. The fraction of sp³-hybridized carbons (Fsp3) is 0.474. The topological polar surface area (TPSA) is 165 Å². The van der Waals surface area contributed by atoms with E-state index in [2.05, 4.69) is 63.5 Å². The van der Waals surface area contributed by atoms with Crippen LogP contribution in [0, 0.1) is 0 Å². The van der Waals surface area contributed by atoms with E-state index in [9.17, 15) is 35.8 Å². The average Bonchev–Trinajstić information content (AvgIpc) is 3.25. The molecule has 1 atom stereocenters. The highest BCUT2D eigenvalue weighted by molar-refractivity contribution is 7.86. The molecule has 1 aliphatic carbocycles. The van der Waals surface area contributed by atoms with Crippen molar-refractivity contribution in [3.8, 4) is 11.3 Å². The number of nitrogens with zero attached hydrogens (tertiary/aromatic N) is 2. The summed E-state index contributed by atoms with van der Waals surface area (Å²) in [6, 6.07) is 12.7. The third kappa shape index (κ3) is 9.76. The van der Waals surface area contributed by atoms with Crippen molar-refractivity contribution in [2.75, 3.05) is 30.3 Å². The Bertz CT molecular complexity index is 2070. The van der Waals surface area contributed by atoms with Crippen LogP contribution in [0.15, 0.2) is 69.6 Å². The molecule has 0 amide bonds. The van der Waals surface area contributed by atoms with Crippen molar-refractivity contribution in [1.29, 1.82) is 0 Å². The van der Waals surface area contributed by atoms with Gasteiger partial charge in [0.15, 0.2) is 0 Å². The van der Waals surface area contributed by atoms with E-state index in [4.69, 9.17) is 4.42 Å². The fourth-order valence-electron chi connectivity index (χ4n) is 6.95. The number of unbranched alkanes of at least 4 members (excludes halogenated alkanes) is 1. The van der Waals surface area contributed by atoms with Gasteiger partial charge in [0.25, 0.3) is 20.2 Å². The number of carbonyl (C=O) groups is 1. The predicted octanol–water partition coefficient (Wildman–Crippen LogP) is 6.73. The second-order valence-electron chi connectivity index (χ2n) is 14.3. The molecule has 3 aliphatic rings. The van der Waals surface area contributed by atoms with Crippen molar-refractivity contribution < 1.29 is 40.3 Å². The lowest BCUT2D eigenvalue weighted by Gasteiger charge is -2.31. The van der Waals surface area contributed by atoms with Crippen LogP contribution < -0.4 is 14.8 Å². The Morgan fingerprint density at radius 3 is 2.29 bits per heavy atom. The Hall–Kier alpha value is -3.78. The van der Waals surface area contributed by atoms with Crippen LogP contribution in [0.4, 0.5) is 5.69 Å². The molecule has 1 unspecified atom stereocenters. The zero-order valence-corrected chi connectivity index (χ0v) is 32.0. The first-order valence-corrected chi connectivity index (χ1v) is 20.4. The van der Waals surface area contributed by atoms with E-state index in [1.165, 1.54) is 17.7 Å². The van der Waals surface area contributed by atoms with Crippen LogP contribution in [-0.2, 0) is 35.9 Å². The van der Waals surface area contributed by atoms with Crippen LogP contribution in [-0.4, -0.2) is 62.4 Å². The smallest absolute Gasteiger partial charge is 0.303 e. The lowest BCUT2D eigenvalue weighted by Crippen LogP contribution is -2.30. The van der Waals surface area contributed by atoms with Gasteiger partial charge in [0.2, 0.25) is 5.36 Å². The van der Waals surface area contributed by atoms with E-state index in [1.807, 2.05) is 30.1 Å². The zero-order valence-electron chi connectivity index (χ0n) is 30.3. The van der Waals surface area contributed by atoms with Gasteiger partial charge in [-0.15, -0.1) is 0 Å². The quantitative estimate of drug-likeness (QED) is 0.0864. The monoisotopic (exact) mass is 743 g/mol. The van der Waals surface area contributed by atoms with Crippen LogP contribution in [0.5, 0.6) is 0 Å². The molecular weight excluding hydrogens is 693 g/mol. The Morgan fingerprint density at radius 1 is 0.980 bits per heavy atom. The van der Waals surface area contributed by atoms with Gasteiger partial charge in [-0.2, -0.15) is 16.8 Å². The number of benzene rings is 2. The first kappa shape index (κ1) is 40.0. The van der Waals surface area contributed by atoms with E-state index in [0.717, 1.165) is 35.5 Å². The number of fused-ring (bicyclic) bond motifs is 2. The van der Waals surface area contributed by atoms with Crippen LogP contribution in [0.25, 0.3) is 17.4 Å². The minimum Gasteiger partial charge on any atom is -0.481 e. The molecule has 1 aromatic carbocycles. The number of hydrogen-bond donors (Lipinski definition) is 3. The number of rotatable bonds is 15. The Kier molecular flexibility index (Phi) is 12.4. The van der Waals surface area contributed by atoms with Gasteiger partial charge in [0.05, 0.1) is 16.7 Å². The number of anilines is 1. The molecule has 0 aromatic heterocycles. The predicted molar refractivity (Wildman–Crippen MR) is 200 cm³/mol. The molecule has 0 bridgehead atoms. The molecule has 0 radical (unpaired) electrons. The summed E-state index contributed by atoms with van der Waals surface area (Å²) < 4.78 is 75.2. The number of allylic oxidation sites excluding steroid dienone is 3. The highest BCUT2D eigenvalue weighted by atomic mass is 32.2. The summed E-state index contributed by atoms with van der Waals surface area (Å²) >= 11 is 0. The summed E-state index contributed by atoms with van der Waals surface area (Å²) in [7, 11) is -8.75. The van der Waals surface area contributed by atoms with Gasteiger partial charge in [-0.25, -0.2) is 4.58 Å². The molecule has 3 N–H and O–H groups in total. The Balaban J connectivity index is 1.71. The molecular formula is C38H51N2O9S2+. The number of aliphatic carboxylic acids is 1. The summed E-state index contributed by atoms with van der Waals surface area (Å²) in [5, 5.41) is 10.5. The maximum Gasteiger partial charge on any atom is 0.303 e. The van der Waals surface area contributed by atoms with E-state index in [-0.39, 0.29) is 29.7 Å². The first-order chi connectivity index (χ1) is 23.8. The van der Waals surface area contributed by atoms with Crippen LogP contribution >= 0.6 is 0 Å². The van der Waals surface area contributed by atoms with Crippen molar-refractivity contribution in [1.82, 2.24) is 4.58 Å². The lowest BCUT2D eigenvalue weighted by atomic mass is 9.77. The van der Waals surface area contributed by atoms with E-state index in [0.29, 0.717) is 42.7 Å². The van der Waals surface area contributed by atoms with Crippen molar-refractivity contribution in [3.05, 3.63) is 82.6 Å². The second kappa shape index (κ2) is 15.9. The van der Waals surface area contributed by atoms with Crippen molar-refractivity contribution in [3.63, 3.8) is 0 Å². The van der Waals surface area contributed by atoms with Gasteiger partial charge in [0, 0.05) is 41.4 Å². The summed E-state index contributed by atoms with van der Waals surface area (Å²) in [5.74, 6) is 0.102. The van der Waals surface area contributed by atoms with Gasteiger partial charge < -0.3 is 14.4 Å². The molecule has 2 aliphatic heterocycles. The summed E-state index contributed by atoms with van der Waals surface area (Å²) in [6.07, 6.45) is 7.81. The number of hydrogen-bond acceptors (Lipinski definition) is 7. The molecule has 0 spiro atoms. The summed E-state index contributed by atoms with van der Waals surface area (Å²) in [4.78, 5) is 13.1. The molecule has 278 valence electrons. The van der Waals surface area contributed by atoms with Crippen LogP contribution in [0.2, 0.25) is 0 Å². The first-order valence-electron chi connectivity index (χ1n) is 17.4. The van der Waals surface area contributed by atoms with Crippen molar-refractivity contribution in [2.24, 2.45) is 0 Å². The minimum atomic E-state index is -4.53. The van der Waals surface area contributed by atoms with Gasteiger partial charge in [0.1, 0.15) is 24.6 Å². The molecule has 0 fully saturated rings.